The first-order valence-electron chi connectivity index (χ1n) is 8.19. The third kappa shape index (κ3) is 6.04. The molecule has 0 spiro atoms. The molecule has 0 aromatic carbocycles. The molecule has 0 saturated carbocycles. The lowest BCUT2D eigenvalue weighted by Gasteiger charge is -2.32. The van der Waals surface area contributed by atoms with Crippen molar-refractivity contribution in [1.82, 2.24) is 14.2 Å². The van der Waals surface area contributed by atoms with Gasteiger partial charge in [0.25, 0.3) is 17.4 Å². The number of aromatic nitrogens is 1. The molecule has 148 valence electrons. The van der Waals surface area contributed by atoms with Crippen LogP contribution in [0.5, 0.6) is 0 Å². The summed E-state index contributed by atoms with van der Waals surface area (Å²) in [7, 11) is 12.4. The van der Waals surface area contributed by atoms with E-state index in [1.807, 2.05) is 33.8 Å². The lowest BCUT2D eigenvalue weighted by Crippen LogP contribution is -2.53. The van der Waals surface area contributed by atoms with E-state index in [9.17, 15) is 14.4 Å². The zero-order valence-corrected chi connectivity index (χ0v) is 17.7. The van der Waals surface area contributed by atoms with Crippen molar-refractivity contribution >= 4 is 69.1 Å². The van der Waals surface area contributed by atoms with Crippen LogP contribution in [0.4, 0.5) is 0 Å². The highest BCUT2D eigenvalue weighted by Gasteiger charge is 2.34. The van der Waals surface area contributed by atoms with Crippen molar-refractivity contribution in [1.29, 1.82) is 0 Å². The van der Waals surface area contributed by atoms with Gasteiger partial charge in [0.15, 0.2) is 5.11 Å². The number of amides is 2. The van der Waals surface area contributed by atoms with Gasteiger partial charge in [-0.05, 0) is 24.1 Å². The molecule has 1 aromatic rings. The standard InChI is InChI=1S/C9H11BN2O2S.C8H10BNOS.CH4/c1-5(2)4-6-7(13)11(3)9(15)12(10)8(6)14;1-5(2)4-7-8(11)10(9)6(3)12-7;/h4-5H,1-3H3;4-5H,3H2,1-2H3;1H4/b6-4+;7-4+;. The molecule has 1 aliphatic rings. The molecule has 28 heavy (non-hydrogen) atoms. The predicted molar refractivity (Wildman–Crippen MR) is 121 cm³/mol. The van der Waals surface area contributed by atoms with Crippen molar-refractivity contribution in [2.75, 3.05) is 7.05 Å². The summed E-state index contributed by atoms with van der Waals surface area (Å²) in [5, 5.41) is 0.0194. The molecule has 1 aromatic heterocycles. The summed E-state index contributed by atoms with van der Waals surface area (Å²) in [5.41, 5.74) is -0.0812. The monoisotopic (exact) mass is 417 g/mol. The fraction of sp³-hybridized carbons (Fsp3) is 0.444. The Kier molecular flexibility index (Phi) is 9.84. The first-order chi connectivity index (χ1) is 12.4. The molecule has 1 saturated heterocycles. The molecule has 0 atom stereocenters. The summed E-state index contributed by atoms with van der Waals surface area (Å²) in [5.74, 6) is -0.491. The minimum atomic E-state index is -0.545. The Morgan fingerprint density at radius 1 is 1.04 bits per heavy atom. The van der Waals surface area contributed by atoms with Crippen LogP contribution in [0.1, 0.15) is 35.1 Å². The van der Waals surface area contributed by atoms with E-state index in [-0.39, 0.29) is 29.6 Å². The molecule has 2 rings (SSSR count). The average molecular weight is 417 g/mol. The topological polar surface area (TPSA) is 62.6 Å². The highest BCUT2D eigenvalue weighted by atomic mass is 32.1. The van der Waals surface area contributed by atoms with E-state index in [2.05, 4.69) is 6.58 Å². The third-order valence-electron chi connectivity index (χ3n) is 3.39. The molecule has 0 unspecified atom stereocenters. The minimum Gasteiger partial charge on any atom is -0.357 e. The number of nitrogens with zero attached hydrogens (tertiary/aromatic N) is 3. The maximum Gasteiger partial charge on any atom is 0.264 e. The van der Waals surface area contributed by atoms with Crippen LogP contribution < -0.4 is 14.8 Å². The van der Waals surface area contributed by atoms with Gasteiger partial charge in [0, 0.05) is 7.05 Å². The van der Waals surface area contributed by atoms with Gasteiger partial charge in [-0.3, -0.25) is 19.3 Å². The van der Waals surface area contributed by atoms with Crippen molar-refractivity contribution in [3.8, 4) is 0 Å². The summed E-state index contributed by atoms with van der Waals surface area (Å²) in [4.78, 5) is 36.6. The first kappa shape index (κ1) is 26.1. The summed E-state index contributed by atoms with van der Waals surface area (Å²) in [6, 6.07) is 0. The van der Waals surface area contributed by atoms with E-state index < -0.39 is 11.8 Å². The van der Waals surface area contributed by atoms with Gasteiger partial charge in [0.2, 0.25) is 16.0 Å². The van der Waals surface area contributed by atoms with Gasteiger partial charge >= 0.3 is 0 Å². The van der Waals surface area contributed by atoms with Gasteiger partial charge in [0.1, 0.15) is 5.57 Å². The summed E-state index contributed by atoms with van der Waals surface area (Å²) in [6.45, 7) is 11.4. The minimum absolute atomic E-state index is 0. The molecule has 0 bridgehead atoms. The molecule has 2 amide bonds. The van der Waals surface area contributed by atoms with Crippen LogP contribution in [-0.4, -0.2) is 54.1 Å². The highest BCUT2D eigenvalue weighted by Crippen LogP contribution is 2.16. The van der Waals surface area contributed by atoms with Crippen LogP contribution in [0.15, 0.2) is 16.4 Å². The van der Waals surface area contributed by atoms with Crippen molar-refractivity contribution in [2.24, 2.45) is 11.8 Å². The Hall–Kier alpha value is -1.93. The second-order valence-corrected chi connectivity index (χ2v) is 8.07. The largest absolute Gasteiger partial charge is 0.357 e. The van der Waals surface area contributed by atoms with E-state index in [0.29, 0.717) is 15.1 Å². The van der Waals surface area contributed by atoms with E-state index in [4.69, 9.17) is 28.2 Å². The zero-order chi connectivity index (χ0) is 21.0. The smallest absolute Gasteiger partial charge is 0.264 e. The van der Waals surface area contributed by atoms with Crippen LogP contribution in [-0.2, 0) is 9.59 Å². The molecule has 1 aliphatic heterocycles. The van der Waals surface area contributed by atoms with Gasteiger partial charge < -0.3 is 9.29 Å². The van der Waals surface area contributed by atoms with Crippen molar-refractivity contribution in [3.05, 3.63) is 31.2 Å². The molecular weight excluding hydrogens is 392 g/mol. The SMILES string of the molecule is C.[B]N1C(=O)/C(=C/C(C)C)C(=O)N(C)C1=S.[B]n1c(=C)s/c(=C/C(C)C)c1=O. The summed E-state index contributed by atoms with van der Waals surface area (Å²) < 4.78 is 2.35. The van der Waals surface area contributed by atoms with Gasteiger partial charge in [0.05, 0.1) is 9.20 Å². The van der Waals surface area contributed by atoms with E-state index in [1.165, 1.54) is 23.3 Å². The van der Waals surface area contributed by atoms with Crippen LogP contribution in [0.25, 0.3) is 12.7 Å². The number of likely N-dealkylation sites (N-methyl/N-ethyl adjacent to an activating group) is 1. The van der Waals surface area contributed by atoms with E-state index in [0.717, 1.165) is 9.29 Å². The maximum absolute atomic E-state index is 11.7. The average Bonchev–Trinajstić information content (AvgIpc) is 2.82. The third-order valence-corrected chi connectivity index (χ3v) is 4.82. The number of thiocarbonyl (C=S) groups is 1. The number of rotatable bonds is 2. The summed E-state index contributed by atoms with van der Waals surface area (Å²) >= 11 is 6.16. The molecular formula is C18H25B2N3O3S2. The molecule has 10 heteroatoms. The molecule has 0 N–H and O–H groups in total. The first-order valence-corrected chi connectivity index (χ1v) is 9.41. The fourth-order valence-electron chi connectivity index (χ4n) is 2.07. The second-order valence-electron chi connectivity index (χ2n) is 6.59. The quantitative estimate of drug-likeness (QED) is 0.306. The van der Waals surface area contributed by atoms with Gasteiger partial charge in [-0.2, -0.15) is 0 Å². The molecule has 0 aliphatic carbocycles. The normalized spacial score (nSPS) is 16.6. The number of allylic oxidation sites excluding steroid dienone is 1. The lowest BCUT2D eigenvalue weighted by atomic mass is 10.0. The molecule has 1 fully saturated rings. The number of carbonyl (C=O) groups is 2. The van der Waals surface area contributed by atoms with Crippen molar-refractivity contribution in [2.45, 2.75) is 35.1 Å². The zero-order valence-electron chi connectivity index (χ0n) is 16.1. The Balaban J connectivity index is 0.000000514. The van der Waals surface area contributed by atoms with Crippen molar-refractivity contribution in [3.63, 3.8) is 0 Å². The molecule has 6 nitrogen and oxygen atoms in total. The highest BCUT2D eigenvalue weighted by molar-refractivity contribution is 7.80. The van der Waals surface area contributed by atoms with E-state index in [1.54, 1.807) is 6.08 Å². The van der Waals surface area contributed by atoms with Crippen LogP contribution in [0.2, 0.25) is 0 Å². The predicted octanol–water partition coefficient (Wildman–Crippen LogP) is 0.562. The Bertz CT molecular complexity index is 922. The van der Waals surface area contributed by atoms with Gasteiger partial charge in [-0.1, -0.05) is 53.9 Å². The van der Waals surface area contributed by atoms with E-state index >= 15 is 0 Å². The number of hydrogen-bond acceptors (Lipinski definition) is 5. The van der Waals surface area contributed by atoms with Gasteiger partial charge in [-0.15, -0.1) is 11.3 Å². The number of thiazole rings is 1. The van der Waals surface area contributed by atoms with Crippen molar-refractivity contribution < 1.29 is 9.59 Å². The Morgan fingerprint density at radius 2 is 1.54 bits per heavy atom. The molecule has 4 radical (unpaired) electrons. The lowest BCUT2D eigenvalue weighted by molar-refractivity contribution is -0.130. The van der Waals surface area contributed by atoms with Gasteiger partial charge in [-0.25, -0.2) is 0 Å². The number of carbonyl (C=O) groups excluding carboxylic acids is 2. The van der Waals surface area contributed by atoms with Crippen LogP contribution in [0, 0.1) is 11.8 Å². The maximum atomic E-state index is 11.7. The Labute approximate surface area is 178 Å². The Morgan fingerprint density at radius 3 is 1.93 bits per heavy atom. The summed E-state index contributed by atoms with van der Waals surface area (Å²) in [6.07, 6.45) is 3.48. The number of hydrogen-bond donors (Lipinski definition) is 0. The molecule has 2 heterocycles. The van der Waals surface area contributed by atoms with Crippen LogP contribution in [0.3, 0.4) is 0 Å². The second kappa shape index (κ2) is 10.6. The van der Waals surface area contributed by atoms with Crippen LogP contribution >= 0.6 is 23.6 Å². The fourth-order valence-corrected chi connectivity index (χ4v) is 3.20.